The third-order valence-electron chi connectivity index (χ3n) is 14.5. The Labute approximate surface area is 401 Å². The number of likely N-dealkylation sites (tertiary alicyclic amines) is 1. The van der Waals surface area contributed by atoms with Crippen LogP contribution >= 0.6 is 0 Å². The second kappa shape index (κ2) is 40.5. The minimum absolute atomic E-state index is 0.0582. The molecule has 0 bridgehead atoms. The Bertz CT molecular complexity index is 1280. The van der Waals surface area contributed by atoms with E-state index in [4.69, 9.17) is 9.47 Å². The van der Waals surface area contributed by atoms with Gasteiger partial charge in [-0.1, -0.05) is 200 Å². The van der Waals surface area contributed by atoms with Crippen LogP contribution < -0.4 is 10.1 Å². The van der Waals surface area contributed by atoms with Crippen LogP contribution in [0.4, 0.5) is 0 Å². The van der Waals surface area contributed by atoms with Crippen molar-refractivity contribution in [1.29, 1.82) is 0 Å². The Morgan fingerprint density at radius 3 is 1.51 bits per heavy atom. The molecule has 1 saturated heterocycles. The number of nitrogens with zero attached hydrogens (tertiary/aromatic N) is 2. The van der Waals surface area contributed by atoms with Gasteiger partial charge in [0.1, 0.15) is 11.8 Å². The molecule has 1 heterocycles. The first-order chi connectivity index (χ1) is 31.9. The number of carbonyl (C=O) groups excluding carboxylic acids is 3. The molecule has 376 valence electrons. The van der Waals surface area contributed by atoms with Gasteiger partial charge in [0.15, 0.2) is 0 Å². The minimum Gasteiger partial charge on any atom is -0.497 e. The van der Waals surface area contributed by atoms with Gasteiger partial charge in [0.05, 0.1) is 14.2 Å². The molecule has 8 nitrogen and oxygen atoms in total. The lowest BCUT2D eigenvalue weighted by Gasteiger charge is -2.41. The molecule has 8 heteroatoms. The Kier molecular flexibility index (Phi) is 36.4. The van der Waals surface area contributed by atoms with Gasteiger partial charge in [-0.05, 0) is 94.1 Å². The molecule has 0 radical (unpaired) electrons. The zero-order chi connectivity index (χ0) is 47.0. The summed E-state index contributed by atoms with van der Waals surface area (Å²) in [6.45, 7) is 11.1. The third-order valence-corrected chi connectivity index (χ3v) is 14.5. The smallest absolute Gasteiger partial charge is 0.305 e. The molecule has 0 aliphatic carbocycles. The molecule has 1 aliphatic rings. The van der Waals surface area contributed by atoms with E-state index in [0.717, 1.165) is 89.7 Å². The molecular weight excluding hydrogens is 807 g/mol. The molecule has 2 amide bonds. The standard InChI is InChI=1S/C57H103N3O5/c1-6-9-11-13-15-24-28-32-36-51(35-31-27-14-12-10-7-2)49-60(54(61)37-33-29-25-22-20-18-16-17-19-21-23-26-30-34-38-55(62)65-5)56(52-44-47-59(8-3)48-45-52)57(63)58-46-43-50-39-41-53(64-4)42-40-50/h39-42,51-52,56H,6-38,43-49H2,1-5H3,(H,58,63). The topological polar surface area (TPSA) is 88.2 Å². The van der Waals surface area contributed by atoms with E-state index < -0.39 is 6.04 Å². The van der Waals surface area contributed by atoms with Gasteiger partial charge in [-0.3, -0.25) is 14.4 Å². The molecule has 1 aromatic rings. The van der Waals surface area contributed by atoms with Crippen molar-refractivity contribution >= 4 is 17.8 Å². The lowest BCUT2D eigenvalue weighted by atomic mass is 9.85. The van der Waals surface area contributed by atoms with Crippen LogP contribution in [-0.4, -0.2) is 80.6 Å². The molecule has 2 unspecified atom stereocenters. The fraction of sp³-hybridized carbons (Fsp3) is 0.842. The van der Waals surface area contributed by atoms with E-state index in [-0.39, 0.29) is 23.7 Å². The number of nitrogens with one attached hydrogen (secondary N) is 1. The predicted octanol–water partition coefficient (Wildman–Crippen LogP) is 14.6. The highest BCUT2D eigenvalue weighted by Crippen LogP contribution is 2.29. The summed E-state index contributed by atoms with van der Waals surface area (Å²) in [5, 5.41) is 3.38. The van der Waals surface area contributed by atoms with Gasteiger partial charge < -0.3 is 24.6 Å². The van der Waals surface area contributed by atoms with Gasteiger partial charge in [-0.25, -0.2) is 0 Å². The lowest BCUT2D eigenvalue weighted by Crippen LogP contribution is -2.56. The van der Waals surface area contributed by atoms with E-state index in [1.165, 1.54) is 167 Å². The quantitative estimate of drug-likeness (QED) is 0.0519. The number of benzene rings is 1. The van der Waals surface area contributed by atoms with Crippen LogP contribution in [0.2, 0.25) is 0 Å². The summed E-state index contributed by atoms with van der Waals surface area (Å²) in [6, 6.07) is 7.74. The van der Waals surface area contributed by atoms with Crippen LogP contribution in [0, 0.1) is 11.8 Å². The fourth-order valence-electron chi connectivity index (χ4n) is 10.1. The van der Waals surface area contributed by atoms with E-state index in [0.29, 0.717) is 25.3 Å². The largest absolute Gasteiger partial charge is 0.497 e. The average Bonchev–Trinajstić information content (AvgIpc) is 3.33. The van der Waals surface area contributed by atoms with Gasteiger partial charge in [-0.2, -0.15) is 0 Å². The Morgan fingerprint density at radius 1 is 0.615 bits per heavy atom. The normalized spacial score (nSPS) is 14.3. The number of hydrogen-bond acceptors (Lipinski definition) is 6. The lowest BCUT2D eigenvalue weighted by molar-refractivity contribution is -0.144. The first kappa shape index (κ1) is 58.5. The highest BCUT2D eigenvalue weighted by molar-refractivity contribution is 5.88. The van der Waals surface area contributed by atoms with E-state index in [2.05, 4.69) is 48.0 Å². The number of ether oxygens (including phenoxy) is 2. The van der Waals surface area contributed by atoms with Crippen molar-refractivity contribution in [2.75, 3.05) is 46.9 Å². The second-order valence-corrected chi connectivity index (χ2v) is 19.9. The molecule has 1 fully saturated rings. The molecule has 65 heavy (non-hydrogen) atoms. The van der Waals surface area contributed by atoms with Gasteiger partial charge in [0, 0.05) is 25.9 Å². The van der Waals surface area contributed by atoms with Crippen molar-refractivity contribution in [1.82, 2.24) is 15.1 Å². The number of unbranched alkanes of at least 4 members (excludes halogenated alkanes) is 25. The maximum atomic E-state index is 14.8. The second-order valence-electron chi connectivity index (χ2n) is 19.9. The maximum absolute atomic E-state index is 14.8. The number of rotatable bonds is 43. The van der Waals surface area contributed by atoms with E-state index in [9.17, 15) is 14.4 Å². The summed E-state index contributed by atoms with van der Waals surface area (Å²) < 4.78 is 10.1. The third kappa shape index (κ3) is 29.0. The summed E-state index contributed by atoms with van der Waals surface area (Å²) in [5.74, 6) is 1.64. The Balaban J connectivity index is 2.08. The monoisotopic (exact) mass is 910 g/mol. The van der Waals surface area contributed by atoms with Gasteiger partial charge in [0.2, 0.25) is 11.8 Å². The van der Waals surface area contributed by atoms with Gasteiger partial charge in [-0.15, -0.1) is 0 Å². The number of carbonyl (C=O) groups is 3. The fourth-order valence-corrected chi connectivity index (χ4v) is 10.1. The first-order valence-electron chi connectivity index (χ1n) is 27.9. The molecule has 0 spiro atoms. The van der Waals surface area contributed by atoms with Gasteiger partial charge >= 0.3 is 5.97 Å². The van der Waals surface area contributed by atoms with Crippen molar-refractivity contribution in [3.8, 4) is 5.75 Å². The van der Waals surface area contributed by atoms with E-state index in [1.807, 2.05) is 12.1 Å². The first-order valence-corrected chi connectivity index (χ1v) is 27.9. The average molecular weight is 910 g/mol. The van der Waals surface area contributed by atoms with E-state index >= 15 is 0 Å². The molecule has 2 atom stereocenters. The summed E-state index contributed by atoms with van der Waals surface area (Å²) in [7, 11) is 3.16. The van der Waals surface area contributed by atoms with Crippen LogP contribution in [0.25, 0.3) is 0 Å². The number of methoxy groups -OCH3 is 2. The maximum Gasteiger partial charge on any atom is 0.305 e. The zero-order valence-electron chi connectivity index (χ0n) is 43.3. The van der Waals surface area contributed by atoms with Crippen LogP contribution in [0.3, 0.4) is 0 Å². The highest BCUT2D eigenvalue weighted by Gasteiger charge is 2.38. The Morgan fingerprint density at radius 2 is 1.06 bits per heavy atom. The number of piperidine rings is 1. The van der Waals surface area contributed by atoms with Crippen LogP contribution in [0.5, 0.6) is 5.75 Å². The molecule has 0 aromatic heterocycles. The number of hydrogen-bond donors (Lipinski definition) is 1. The molecule has 0 saturated carbocycles. The molecular formula is C57H103N3O5. The summed E-state index contributed by atoms with van der Waals surface area (Å²) in [6.07, 6.45) is 41.1. The molecule has 2 rings (SSSR count). The van der Waals surface area contributed by atoms with Crippen molar-refractivity contribution in [2.24, 2.45) is 11.8 Å². The van der Waals surface area contributed by atoms with Gasteiger partial charge in [0.25, 0.3) is 0 Å². The van der Waals surface area contributed by atoms with Crippen molar-refractivity contribution < 1.29 is 23.9 Å². The minimum atomic E-state index is -0.408. The number of esters is 1. The van der Waals surface area contributed by atoms with Crippen LogP contribution in [0.15, 0.2) is 24.3 Å². The van der Waals surface area contributed by atoms with Crippen molar-refractivity contribution in [3.63, 3.8) is 0 Å². The molecule has 1 aromatic carbocycles. The highest BCUT2D eigenvalue weighted by atomic mass is 16.5. The number of amides is 2. The van der Waals surface area contributed by atoms with E-state index in [1.54, 1.807) is 7.11 Å². The van der Waals surface area contributed by atoms with Crippen molar-refractivity contribution in [2.45, 2.75) is 252 Å². The summed E-state index contributed by atoms with van der Waals surface area (Å²) in [4.78, 5) is 45.4. The summed E-state index contributed by atoms with van der Waals surface area (Å²) in [5.41, 5.74) is 1.17. The van der Waals surface area contributed by atoms with Crippen LogP contribution in [0.1, 0.15) is 245 Å². The predicted molar refractivity (Wildman–Crippen MR) is 275 cm³/mol. The van der Waals surface area contributed by atoms with Crippen LogP contribution in [-0.2, 0) is 25.5 Å². The molecule has 1 N–H and O–H groups in total. The van der Waals surface area contributed by atoms with Crippen molar-refractivity contribution in [3.05, 3.63) is 29.8 Å². The SMILES string of the molecule is CCCCCCCCCCC(CCCCCCCC)CN(C(=O)CCCCCCCCCCCCCCCCC(=O)OC)C(C(=O)NCCc1ccc(OC)cc1)C1CCN(CC)CC1. The Hall–Kier alpha value is -2.61. The summed E-state index contributed by atoms with van der Waals surface area (Å²) >= 11 is 0. The molecule has 1 aliphatic heterocycles. The zero-order valence-corrected chi connectivity index (χ0v) is 43.3.